The van der Waals surface area contributed by atoms with Gasteiger partial charge >= 0.3 is 5.97 Å². The van der Waals surface area contributed by atoms with Crippen molar-refractivity contribution in [1.82, 2.24) is 4.90 Å². The Hall–Kier alpha value is -1.44. The summed E-state index contributed by atoms with van der Waals surface area (Å²) in [5.41, 5.74) is 0.0285. The molecule has 0 saturated carbocycles. The monoisotopic (exact) mass is 323 g/mol. The molecule has 0 aliphatic carbocycles. The predicted molar refractivity (Wildman–Crippen MR) is 80.4 cm³/mol. The normalized spacial score (nSPS) is 25.6. The van der Waals surface area contributed by atoms with Crippen LogP contribution in [0.3, 0.4) is 0 Å². The fourth-order valence-corrected chi connectivity index (χ4v) is 5.30. The first-order chi connectivity index (χ1) is 10.0. The van der Waals surface area contributed by atoms with Gasteiger partial charge in [-0.05, 0) is 19.1 Å². The molecule has 1 fully saturated rings. The van der Waals surface area contributed by atoms with Crippen molar-refractivity contribution in [2.45, 2.75) is 23.3 Å². The summed E-state index contributed by atoms with van der Waals surface area (Å²) in [6.07, 6.45) is -0.776. The van der Waals surface area contributed by atoms with Crippen LogP contribution in [0.15, 0.2) is 45.2 Å². The van der Waals surface area contributed by atoms with Crippen LogP contribution in [0.2, 0.25) is 0 Å². The number of hydrogen-bond donors (Lipinski definition) is 2. The quantitative estimate of drug-likeness (QED) is 0.825. The highest BCUT2D eigenvalue weighted by Crippen LogP contribution is 2.54. The van der Waals surface area contributed by atoms with Crippen molar-refractivity contribution in [3.05, 3.63) is 40.3 Å². The van der Waals surface area contributed by atoms with Gasteiger partial charge in [-0.25, -0.2) is 4.79 Å². The number of carboxylic acids is 1. The summed E-state index contributed by atoms with van der Waals surface area (Å²) in [4.78, 5) is 25.7. The molecule has 1 aromatic carbocycles. The number of amides is 1. The Morgan fingerprint density at radius 3 is 2.62 bits per heavy atom. The number of nitrogens with zero attached hydrogens (tertiary/aromatic N) is 1. The zero-order chi connectivity index (χ0) is 15.1. The first kappa shape index (κ1) is 14.5. The number of β-lactam (4-membered cyclic amide) rings is 1. The summed E-state index contributed by atoms with van der Waals surface area (Å²) in [7, 11) is 0. The minimum Gasteiger partial charge on any atom is -0.477 e. The molecule has 2 aliphatic rings. The Kier molecular flexibility index (Phi) is 3.73. The standard InChI is InChI=1S/C14H13NO4S2/c1-7(16)9-11(17)15-10(13(18)19)14(21-12(9)15)20-8-5-3-2-4-6-8/h2-7,9,12,16H,1H3,(H,18,19)/t7-,9+,12?/m1/s1. The molecule has 1 aromatic rings. The highest BCUT2D eigenvalue weighted by molar-refractivity contribution is 8.22. The van der Waals surface area contributed by atoms with E-state index in [4.69, 9.17) is 0 Å². The van der Waals surface area contributed by atoms with E-state index < -0.39 is 18.0 Å². The number of carbonyl (C=O) groups is 2. The minimum absolute atomic E-state index is 0.0285. The van der Waals surface area contributed by atoms with Gasteiger partial charge in [0.1, 0.15) is 5.37 Å². The summed E-state index contributed by atoms with van der Waals surface area (Å²) >= 11 is 2.68. The molecule has 21 heavy (non-hydrogen) atoms. The SMILES string of the molecule is C[C@@H](O)[C@H]1C(=O)N2C(C(=O)O)=C(Sc3ccccc3)SC12. The van der Waals surface area contributed by atoms with E-state index in [1.807, 2.05) is 30.3 Å². The highest BCUT2D eigenvalue weighted by atomic mass is 32.2. The molecule has 0 bridgehead atoms. The van der Waals surface area contributed by atoms with E-state index in [0.29, 0.717) is 4.24 Å². The van der Waals surface area contributed by atoms with E-state index in [1.165, 1.54) is 28.4 Å². The number of thioether (sulfide) groups is 2. The third kappa shape index (κ3) is 2.35. The number of hydrogen-bond acceptors (Lipinski definition) is 5. The van der Waals surface area contributed by atoms with Crippen molar-refractivity contribution < 1.29 is 19.8 Å². The Labute approximate surface area is 130 Å². The van der Waals surface area contributed by atoms with E-state index in [1.54, 1.807) is 6.92 Å². The molecule has 3 atom stereocenters. The molecule has 5 nitrogen and oxygen atoms in total. The molecular weight excluding hydrogens is 310 g/mol. The van der Waals surface area contributed by atoms with E-state index >= 15 is 0 Å². The number of aliphatic carboxylic acids is 1. The highest BCUT2D eigenvalue weighted by Gasteiger charge is 2.57. The molecular formula is C14H13NO4S2. The van der Waals surface area contributed by atoms with Gasteiger partial charge in [-0.3, -0.25) is 9.69 Å². The molecule has 0 spiro atoms. The lowest BCUT2D eigenvalue weighted by molar-refractivity contribution is -0.156. The fourth-order valence-electron chi connectivity index (χ4n) is 2.42. The van der Waals surface area contributed by atoms with Crippen molar-refractivity contribution in [2.24, 2.45) is 5.92 Å². The van der Waals surface area contributed by atoms with Crippen molar-refractivity contribution in [2.75, 3.05) is 0 Å². The maximum Gasteiger partial charge on any atom is 0.354 e. The van der Waals surface area contributed by atoms with E-state index in [2.05, 4.69) is 0 Å². The number of carboxylic acid groups (broad SMARTS) is 1. The zero-order valence-electron chi connectivity index (χ0n) is 11.1. The number of benzene rings is 1. The molecule has 2 heterocycles. The molecule has 0 aromatic heterocycles. The molecule has 1 unspecified atom stereocenters. The second kappa shape index (κ2) is 5.40. The summed E-state index contributed by atoms with van der Waals surface area (Å²) in [5, 5.41) is 18.7. The van der Waals surface area contributed by atoms with Crippen LogP contribution in [0.4, 0.5) is 0 Å². The number of aliphatic hydroxyl groups is 1. The number of fused-ring (bicyclic) bond motifs is 1. The largest absolute Gasteiger partial charge is 0.477 e. The average molecular weight is 323 g/mol. The Morgan fingerprint density at radius 2 is 2.05 bits per heavy atom. The lowest BCUT2D eigenvalue weighted by Gasteiger charge is -2.43. The second-order valence-corrected chi connectivity index (χ2v) is 7.31. The van der Waals surface area contributed by atoms with Crippen LogP contribution in [0.25, 0.3) is 0 Å². The van der Waals surface area contributed by atoms with Gasteiger partial charge in [0.25, 0.3) is 0 Å². The molecule has 1 saturated heterocycles. The second-order valence-electron chi connectivity index (χ2n) is 4.84. The Bertz CT molecular complexity index is 629. The van der Waals surface area contributed by atoms with Crippen LogP contribution in [0, 0.1) is 5.92 Å². The van der Waals surface area contributed by atoms with Crippen LogP contribution < -0.4 is 0 Å². The fraction of sp³-hybridized carbons (Fsp3) is 0.286. The lowest BCUT2D eigenvalue weighted by atomic mass is 9.92. The molecule has 0 radical (unpaired) electrons. The van der Waals surface area contributed by atoms with E-state index in [9.17, 15) is 19.8 Å². The van der Waals surface area contributed by atoms with Crippen molar-refractivity contribution in [3.8, 4) is 0 Å². The predicted octanol–water partition coefficient (Wildman–Crippen LogP) is 1.94. The molecule has 110 valence electrons. The van der Waals surface area contributed by atoms with Gasteiger partial charge in [-0.1, -0.05) is 41.7 Å². The molecule has 2 aliphatic heterocycles. The summed E-state index contributed by atoms with van der Waals surface area (Å²) in [6, 6.07) is 9.42. The van der Waals surface area contributed by atoms with Crippen LogP contribution in [0.5, 0.6) is 0 Å². The average Bonchev–Trinajstić information content (AvgIpc) is 2.74. The maximum atomic E-state index is 12.0. The van der Waals surface area contributed by atoms with Crippen LogP contribution in [-0.4, -0.2) is 38.5 Å². The smallest absolute Gasteiger partial charge is 0.354 e. The van der Waals surface area contributed by atoms with Crippen LogP contribution in [0.1, 0.15) is 6.92 Å². The van der Waals surface area contributed by atoms with Crippen molar-refractivity contribution in [1.29, 1.82) is 0 Å². The maximum absolute atomic E-state index is 12.0. The van der Waals surface area contributed by atoms with E-state index in [-0.39, 0.29) is 17.0 Å². The Morgan fingerprint density at radius 1 is 1.38 bits per heavy atom. The summed E-state index contributed by atoms with van der Waals surface area (Å²) in [5.74, 6) is -1.96. The van der Waals surface area contributed by atoms with Gasteiger partial charge in [-0.2, -0.15) is 0 Å². The third-order valence-corrected chi connectivity index (χ3v) is 6.00. The van der Waals surface area contributed by atoms with Gasteiger partial charge in [0, 0.05) is 4.90 Å². The van der Waals surface area contributed by atoms with Gasteiger partial charge < -0.3 is 10.2 Å². The number of rotatable bonds is 4. The van der Waals surface area contributed by atoms with Gasteiger partial charge in [-0.15, -0.1) is 0 Å². The zero-order valence-corrected chi connectivity index (χ0v) is 12.7. The Balaban J connectivity index is 1.89. The van der Waals surface area contributed by atoms with Gasteiger partial charge in [0.15, 0.2) is 5.70 Å². The van der Waals surface area contributed by atoms with Gasteiger partial charge in [0.05, 0.1) is 16.3 Å². The van der Waals surface area contributed by atoms with Gasteiger partial charge in [0.2, 0.25) is 5.91 Å². The number of aliphatic hydroxyl groups excluding tert-OH is 1. The lowest BCUT2D eigenvalue weighted by Crippen LogP contribution is -2.60. The minimum atomic E-state index is -1.11. The first-order valence-electron chi connectivity index (χ1n) is 6.39. The summed E-state index contributed by atoms with van der Waals surface area (Å²) in [6.45, 7) is 1.56. The van der Waals surface area contributed by atoms with Crippen LogP contribution in [-0.2, 0) is 9.59 Å². The van der Waals surface area contributed by atoms with Crippen molar-refractivity contribution >= 4 is 35.4 Å². The topological polar surface area (TPSA) is 77.8 Å². The molecule has 7 heteroatoms. The molecule has 1 amide bonds. The molecule has 3 rings (SSSR count). The molecule has 2 N–H and O–H groups in total. The number of carbonyl (C=O) groups excluding carboxylic acids is 1. The van der Waals surface area contributed by atoms with Crippen LogP contribution >= 0.6 is 23.5 Å². The first-order valence-corrected chi connectivity index (χ1v) is 8.08. The summed E-state index contributed by atoms with van der Waals surface area (Å²) < 4.78 is 0.593. The van der Waals surface area contributed by atoms with E-state index in [0.717, 1.165) is 4.90 Å². The third-order valence-electron chi connectivity index (χ3n) is 3.42. The van der Waals surface area contributed by atoms with Crippen molar-refractivity contribution in [3.63, 3.8) is 0 Å².